The number of hydrogen-bond acceptors (Lipinski definition) is 7. The number of rotatable bonds is 12. The molecular weight excluding hydrogens is 382 g/mol. The number of methoxy groups -OCH3 is 1. The Morgan fingerprint density at radius 2 is 2.17 bits per heavy atom. The van der Waals surface area contributed by atoms with Gasteiger partial charge in [-0.3, -0.25) is 4.79 Å². The summed E-state index contributed by atoms with van der Waals surface area (Å²) in [5.41, 5.74) is 3.28. The molecule has 1 atom stereocenters. The van der Waals surface area contributed by atoms with Gasteiger partial charge in [-0.15, -0.1) is 0 Å². The maximum absolute atomic E-state index is 11.2. The van der Waals surface area contributed by atoms with Crippen LogP contribution < -0.4 is 20.7 Å². The zero-order valence-corrected chi connectivity index (χ0v) is 17.5. The van der Waals surface area contributed by atoms with Crippen LogP contribution in [0.2, 0.25) is 0 Å². The summed E-state index contributed by atoms with van der Waals surface area (Å²) in [4.78, 5) is 20.1. The fourth-order valence-corrected chi connectivity index (χ4v) is 3.56. The first-order chi connectivity index (χ1) is 14.7. The van der Waals surface area contributed by atoms with Crippen LogP contribution in [0.25, 0.3) is 0 Å². The van der Waals surface area contributed by atoms with Crippen molar-refractivity contribution in [1.82, 2.24) is 20.6 Å². The maximum atomic E-state index is 11.2. The molecule has 0 fully saturated rings. The fraction of sp³-hybridized carbons (Fsp3) is 0.500. The minimum atomic E-state index is -0.844. The first kappa shape index (κ1) is 22.0. The number of carbonyl (C=O) groups is 1. The number of hydrogen-bond donors (Lipinski definition) is 4. The molecule has 2 aromatic rings. The van der Waals surface area contributed by atoms with Gasteiger partial charge >= 0.3 is 5.97 Å². The van der Waals surface area contributed by atoms with E-state index in [1.165, 1.54) is 12.0 Å². The molecule has 0 bridgehead atoms. The van der Waals surface area contributed by atoms with Crippen LogP contribution in [0.1, 0.15) is 42.1 Å². The fourth-order valence-electron chi connectivity index (χ4n) is 3.56. The van der Waals surface area contributed by atoms with Gasteiger partial charge in [0.15, 0.2) is 0 Å². The Labute approximate surface area is 177 Å². The number of carboxylic acid groups (broad SMARTS) is 1. The Morgan fingerprint density at radius 1 is 1.27 bits per heavy atom. The van der Waals surface area contributed by atoms with Crippen molar-refractivity contribution >= 4 is 11.8 Å². The molecule has 3 rings (SSSR count). The summed E-state index contributed by atoms with van der Waals surface area (Å²) >= 11 is 0. The van der Waals surface area contributed by atoms with E-state index in [-0.39, 0.29) is 12.5 Å². The first-order valence-electron chi connectivity index (χ1n) is 10.5. The van der Waals surface area contributed by atoms with Gasteiger partial charge in [-0.05, 0) is 49.4 Å². The van der Waals surface area contributed by atoms with Crippen molar-refractivity contribution in [3.8, 4) is 5.88 Å². The molecule has 0 spiro atoms. The van der Waals surface area contributed by atoms with Gasteiger partial charge in [-0.25, -0.2) is 9.97 Å². The van der Waals surface area contributed by atoms with Crippen LogP contribution in [0, 0.1) is 0 Å². The summed E-state index contributed by atoms with van der Waals surface area (Å²) < 4.78 is 5.06. The van der Waals surface area contributed by atoms with Crippen molar-refractivity contribution in [1.29, 1.82) is 0 Å². The normalized spacial score (nSPS) is 13.9. The van der Waals surface area contributed by atoms with Crippen LogP contribution in [0.3, 0.4) is 0 Å². The highest BCUT2D eigenvalue weighted by Crippen LogP contribution is 2.20. The van der Waals surface area contributed by atoms with Crippen LogP contribution in [0.5, 0.6) is 5.88 Å². The maximum Gasteiger partial charge on any atom is 0.305 e. The third-order valence-electron chi connectivity index (χ3n) is 5.18. The largest absolute Gasteiger partial charge is 0.481 e. The molecule has 2 aromatic heterocycles. The number of anilines is 1. The Balaban J connectivity index is 1.36. The van der Waals surface area contributed by atoms with Gasteiger partial charge in [0.2, 0.25) is 5.88 Å². The van der Waals surface area contributed by atoms with Gasteiger partial charge in [0, 0.05) is 43.6 Å². The molecule has 1 aliphatic heterocycles. The van der Waals surface area contributed by atoms with Crippen molar-refractivity contribution < 1.29 is 14.6 Å². The molecule has 0 unspecified atom stereocenters. The lowest BCUT2D eigenvalue weighted by Crippen LogP contribution is -2.32. The van der Waals surface area contributed by atoms with E-state index in [9.17, 15) is 9.90 Å². The Hall–Kier alpha value is -2.71. The van der Waals surface area contributed by atoms with Crippen molar-refractivity contribution in [2.75, 3.05) is 38.6 Å². The average Bonchev–Trinajstić information content (AvgIpc) is 2.77. The quantitative estimate of drug-likeness (QED) is 0.392. The van der Waals surface area contributed by atoms with Gasteiger partial charge < -0.3 is 25.8 Å². The molecule has 1 aliphatic rings. The molecule has 4 N–H and O–H groups in total. The van der Waals surface area contributed by atoms with E-state index in [0.29, 0.717) is 12.4 Å². The third-order valence-corrected chi connectivity index (χ3v) is 5.18. The lowest BCUT2D eigenvalue weighted by Gasteiger charge is -2.18. The Morgan fingerprint density at radius 3 is 2.93 bits per heavy atom. The molecule has 8 heteroatoms. The zero-order chi connectivity index (χ0) is 21.2. The van der Waals surface area contributed by atoms with E-state index in [0.717, 1.165) is 56.0 Å². The van der Waals surface area contributed by atoms with Crippen molar-refractivity contribution in [3.63, 3.8) is 0 Å². The highest BCUT2D eigenvalue weighted by molar-refractivity contribution is 5.67. The van der Waals surface area contributed by atoms with E-state index in [4.69, 9.17) is 9.72 Å². The van der Waals surface area contributed by atoms with E-state index in [1.54, 1.807) is 19.4 Å². The number of ether oxygens (including phenoxy) is 1. The summed E-state index contributed by atoms with van der Waals surface area (Å²) in [6.07, 6.45) is 5.90. The van der Waals surface area contributed by atoms with Crippen molar-refractivity contribution in [2.24, 2.45) is 0 Å². The second-order valence-corrected chi connectivity index (χ2v) is 7.43. The highest BCUT2D eigenvalue weighted by atomic mass is 16.5. The van der Waals surface area contributed by atoms with Crippen LogP contribution in [0.4, 0.5) is 5.82 Å². The van der Waals surface area contributed by atoms with Crippen molar-refractivity contribution in [3.05, 3.63) is 47.3 Å². The number of fused-ring (bicyclic) bond motifs is 1. The molecule has 162 valence electrons. The van der Waals surface area contributed by atoms with E-state index in [2.05, 4.69) is 33.1 Å². The topological polar surface area (TPSA) is 108 Å². The number of carboxylic acids is 1. The number of nitrogens with zero attached hydrogens (tertiary/aromatic N) is 2. The van der Waals surface area contributed by atoms with Gasteiger partial charge in [-0.1, -0.05) is 12.1 Å². The summed E-state index contributed by atoms with van der Waals surface area (Å²) in [6, 6.07) is 7.63. The predicted molar refractivity (Wildman–Crippen MR) is 116 cm³/mol. The molecule has 30 heavy (non-hydrogen) atoms. The molecule has 3 heterocycles. The SMILES string of the molecule is COc1ccc([C@H](CC(=O)O)NCCNCCCc2ccc3c(n2)NCCC3)cn1. The van der Waals surface area contributed by atoms with Gasteiger partial charge in [0.05, 0.1) is 13.5 Å². The van der Waals surface area contributed by atoms with E-state index in [1.807, 2.05) is 6.07 Å². The standard InChI is InChI=1S/C22H31N5O3/c1-30-20-9-7-17(15-26-20)19(14-21(28)29)24-13-12-23-10-3-5-18-8-6-16-4-2-11-25-22(16)27-18/h6-9,15,19,23-24H,2-5,10-14H2,1H3,(H,25,27)(H,28,29)/t19-/m0/s1. The minimum absolute atomic E-state index is 0.00599. The van der Waals surface area contributed by atoms with Crippen LogP contribution >= 0.6 is 0 Å². The highest BCUT2D eigenvalue weighted by Gasteiger charge is 2.15. The summed E-state index contributed by atoms with van der Waals surface area (Å²) in [5.74, 6) is 0.718. The monoisotopic (exact) mass is 413 g/mol. The molecule has 0 saturated carbocycles. The number of aryl methyl sites for hydroxylation is 2. The predicted octanol–water partition coefficient (Wildman–Crippen LogP) is 2.17. The molecule has 8 nitrogen and oxygen atoms in total. The number of aliphatic carboxylic acids is 1. The van der Waals surface area contributed by atoms with E-state index >= 15 is 0 Å². The van der Waals surface area contributed by atoms with Crippen LogP contribution in [-0.2, 0) is 17.6 Å². The molecule has 0 radical (unpaired) electrons. The van der Waals surface area contributed by atoms with Gasteiger partial charge in [0.1, 0.15) is 5.82 Å². The molecule has 0 saturated heterocycles. The second kappa shape index (κ2) is 11.5. The summed E-state index contributed by atoms with van der Waals surface area (Å²) in [6.45, 7) is 3.33. The number of pyridine rings is 2. The summed E-state index contributed by atoms with van der Waals surface area (Å²) in [7, 11) is 1.55. The van der Waals surface area contributed by atoms with Gasteiger partial charge in [0.25, 0.3) is 0 Å². The Kier molecular flexibility index (Phi) is 8.41. The third kappa shape index (κ3) is 6.67. The Bertz CT molecular complexity index is 813. The molecule has 0 aliphatic carbocycles. The second-order valence-electron chi connectivity index (χ2n) is 7.43. The lowest BCUT2D eigenvalue weighted by molar-refractivity contribution is -0.137. The van der Waals surface area contributed by atoms with Crippen LogP contribution in [0.15, 0.2) is 30.5 Å². The number of aromatic nitrogens is 2. The number of nitrogens with one attached hydrogen (secondary N) is 3. The molecule has 0 amide bonds. The van der Waals surface area contributed by atoms with Gasteiger partial charge in [-0.2, -0.15) is 0 Å². The zero-order valence-electron chi connectivity index (χ0n) is 17.5. The smallest absolute Gasteiger partial charge is 0.305 e. The average molecular weight is 414 g/mol. The molecule has 0 aromatic carbocycles. The first-order valence-corrected chi connectivity index (χ1v) is 10.5. The lowest BCUT2D eigenvalue weighted by atomic mass is 10.1. The van der Waals surface area contributed by atoms with Crippen molar-refractivity contribution in [2.45, 2.75) is 38.1 Å². The molecular formula is C22H31N5O3. The summed E-state index contributed by atoms with van der Waals surface area (Å²) in [5, 5.41) is 19.3. The van der Waals surface area contributed by atoms with Crippen LogP contribution in [-0.4, -0.2) is 54.3 Å². The minimum Gasteiger partial charge on any atom is -0.481 e. The van der Waals surface area contributed by atoms with E-state index < -0.39 is 5.97 Å².